The lowest BCUT2D eigenvalue weighted by Gasteiger charge is -2.21. The van der Waals surface area contributed by atoms with Gasteiger partial charge in [-0.2, -0.15) is 12.6 Å². The number of carboxylic acid groups (broad SMARTS) is 1. The summed E-state index contributed by atoms with van der Waals surface area (Å²) in [6, 6.07) is 2.70. The van der Waals surface area contributed by atoms with Crippen molar-refractivity contribution in [3.8, 4) is 0 Å². The molecule has 7 nitrogen and oxygen atoms in total. The van der Waals surface area contributed by atoms with Crippen molar-refractivity contribution in [3.63, 3.8) is 0 Å². The van der Waals surface area contributed by atoms with Crippen molar-refractivity contribution in [2.45, 2.75) is 19.2 Å². The molecule has 0 aromatic heterocycles. The Morgan fingerprint density at radius 3 is 2.73 bits per heavy atom. The van der Waals surface area contributed by atoms with E-state index in [-0.39, 0.29) is 11.4 Å². The van der Waals surface area contributed by atoms with Crippen LogP contribution in [0.3, 0.4) is 0 Å². The van der Waals surface area contributed by atoms with Gasteiger partial charge < -0.3 is 15.2 Å². The van der Waals surface area contributed by atoms with E-state index in [1.807, 2.05) is 0 Å². The zero-order valence-electron chi connectivity index (χ0n) is 11.4. The molecule has 1 fully saturated rings. The Hall–Kier alpha value is -2.29. The second kappa shape index (κ2) is 6.22. The quantitative estimate of drug-likeness (QED) is 0.723. The smallest absolute Gasteiger partial charge is 0.416 e. The average molecular weight is 328 g/mol. The largest absolute Gasteiger partial charge is 0.478 e. The summed E-state index contributed by atoms with van der Waals surface area (Å²) in [5, 5.41) is 11.3. The summed E-state index contributed by atoms with van der Waals surface area (Å²) in [6.07, 6.45) is -1.66. The highest BCUT2D eigenvalue weighted by Crippen LogP contribution is 2.27. The number of hydrogen-bond donors (Lipinski definition) is 3. The van der Waals surface area contributed by atoms with Crippen LogP contribution in [-0.2, 0) is 9.53 Å². The first kappa shape index (κ1) is 16.1. The number of cyclic esters (lactones) is 1. The van der Waals surface area contributed by atoms with E-state index in [1.54, 1.807) is 6.92 Å². The minimum Gasteiger partial charge on any atom is -0.478 e. The number of thiol groups is 1. The molecule has 0 bridgehead atoms. The second-order valence-electron chi connectivity index (χ2n) is 4.61. The van der Waals surface area contributed by atoms with Crippen molar-refractivity contribution in [1.82, 2.24) is 5.32 Å². The number of hydrogen-bond acceptors (Lipinski definition) is 5. The zero-order valence-corrected chi connectivity index (χ0v) is 12.3. The van der Waals surface area contributed by atoms with Crippen LogP contribution in [0.4, 0.5) is 14.9 Å². The van der Waals surface area contributed by atoms with Crippen LogP contribution in [0.1, 0.15) is 17.3 Å². The topological polar surface area (TPSA) is 95.9 Å². The van der Waals surface area contributed by atoms with Gasteiger partial charge in [0.25, 0.3) is 0 Å². The van der Waals surface area contributed by atoms with Crippen molar-refractivity contribution in [2.24, 2.45) is 0 Å². The standard InChI is InChI=1S/C13H13FN2O5S/c1-6-11(15-10(17)5-22)21-13(20)16(6)7-2-3-8(12(18)19)9(14)4-7/h2-4,6,11,22H,5H2,1H3,(H,15,17)(H,18,19)/t6?,11-/m0/s1. The van der Waals surface area contributed by atoms with Gasteiger partial charge in [0.15, 0.2) is 6.23 Å². The van der Waals surface area contributed by atoms with E-state index in [0.29, 0.717) is 0 Å². The summed E-state index contributed by atoms with van der Waals surface area (Å²) in [7, 11) is 0. The number of nitrogens with zero attached hydrogens (tertiary/aromatic N) is 1. The van der Waals surface area contributed by atoms with E-state index in [0.717, 1.165) is 17.0 Å². The number of amides is 2. The maximum atomic E-state index is 13.7. The van der Waals surface area contributed by atoms with Gasteiger partial charge in [0, 0.05) is 0 Å². The van der Waals surface area contributed by atoms with Gasteiger partial charge in [-0.3, -0.25) is 9.69 Å². The molecule has 1 aromatic rings. The van der Waals surface area contributed by atoms with Crippen LogP contribution in [0.5, 0.6) is 0 Å². The number of anilines is 1. The van der Waals surface area contributed by atoms with Crippen LogP contribution < -0.4 is 10.2 Å². The van der Waals surface area contributed by atoms with Gasteiger partial charge in [0.2, 0.25) is 5.91 Å². The number of carbonyl (C=O) groups excluding carboxylic acids is 2. The highest BCUT2D eigenvalue weighted by Gasteiger charge is 2.40. The fourth-order valence-electron chi connectivity index (χ4n) is 2.09. The van der Waals surface area contributed by atoms with Crippen LogP contribution in [0.25, 0.3) is 0 Å². The number of halogens is 1. The monoisotopic (exact) mass is 328 g/mol. The number of carbonyl (C=O) groups is 3. The molecule has 1 saturated heterocycles. The predicted molar refractivity (Wildman–Crippen MR) is 77.6 cm³/mol. The number of benzene rings is 1. The van der Waals surface area contributed by atoms with Crippen molar-refractivity contribution < 1.29 is 28.6 Å². The van der Waals surface area contributed by atoms with Crippen molar-refractivity contribution in [1.29, 1.82) is 0 Å². The molecule has 0 radical (unpaired) electrons. The summed E-state index contributed by atoms with van der Waals surface area (Å²) in [4.78, 5) is 35.1. The molecule has 22 heavy (non-hydrogen) atoms. The molecular formula is C13H13FN2O5S. The number of nitrogens with one attached hydrogen (secondary N) is 1. The molecule has 1 aromatic carbocycles. The first-order chi connectivity index (χ1) is 10.3. The summed E-state index contributed by atoms with van der Waals surface area (Å²) >= 11 is 3.81. The molecule has 2 N–H and O–H groups in total. The van der Waals surface area contributed by atoms with Gasteiger partial charge in [0.1, 0.15) is 5.82 Å². The van der Waals surface area contributed by atoms with Gasteiger partial charge in [-0.1, -0.05) is 0 Å². The number of aromatic carboxylic acids is 1. The van der Waals surface area contributed by atoms with E-state index in [1.165, 1.54) is 6.07 Å². The van der Waals surface area contributed by atoms with E-state index in [9.17, 15) is 18.8 Å². The van der Waals surface area contributed by atoms with Gasteiger partial charge in [-0.25, -0.2) is 14.0 Å². The summed E-state index contributed by atoms with van der Waals surface area (Å²) in [5.41, 5.74) is -0.355. The van der Waals surface area contributed by atoms with E-state index in [4.69, 9.17) is 9.84 Å². The Balaban J connectivity index is 2.25. The van der Waals surface area contributed by atoms with E-state index < -0.39 is 41.6 Å². The molecule has 2 amide bonds. The Labute approximate surface area is 130 Å². The Bertz CT molecular complexity index is 639. The molecule has 9 heteroatoms. The van der Waals surface area contributed by atoms with E-state index >= 15 is 0 Å². The second-order valence-corrected chi connectivity index (χ2v) is 4.93. The lowest BCUT2D eigenvalue weighted by atomic mass is 10.1. The summed E-state index contributed by atoms with van der Waals surface area (Å²) in [6.45, 7) is 1.61. The molecule has 1 unspecified atom stereocenters. The van der Waals surface area contributed by atoms with Gasteiger partial charge in [0.05, 0.1) is 23.0 Å². The Kier molecular flexibility index (Phi) is 4.55. The zero-order chi connectivity index (χ0) is 16.4. The maximum Gasteiger partial charge on any atom is 0.416 e. The molecule has 0 aliphatic carbocycles. The third-order valence-corrected chi connectivity index (χ3v) is 3.47. The average Bonchev–Trinajstić information content (AvgIpc) is 2.72. The molecule has 2 atom stereocenters. The molecule has 1 heterocycles. The molecular weight excluding hydrogens is 315 g/mol. The van der Waals surface area contributed by atoms with Crippen LogP contribution in [0.2, 0.25) is 0 Å². The van der Waals surface area contributed by atoms with Gasteiger partial charge in [-0.05, 0) is 25.1 Å². The molecule has 1 aliphatic heterocycles. The molecule has 1 aliphatic rings. The van der Waals surface area contributed by atoms with Crippen LogP contribution >= 0.6 is 12.6 Å². The lowest BCUT2D eigenvalue weighted by Crippen LogP contribution is -2.44. The predicted octanol–water partition coefficient (Wildman–Crippen LogP) is 1.24. The SMILES string of the molecule is CC1[C@@H](NC(=O)CS)OC(=O)N1c1ccc(C(=O)O)c(F)c1. The van der Waals surface area contributed by atoms with Crippen LogP contribution in [-0.4, -0.2) is 41.1 Å². The van der Waals surface area contributed by atoms with Crippen LogP contribution in [0.15, 0.2) is 18.2 Å². The van der Waals surface area contributed by atoms with Crippen LogP contribution in [0, 0.1) is 5.82 Å². The molecule has 118 valence electrons. The molecule has 0 spiro atoms. The minimum absolute atomic E-state index is 0.0668. The minimum atomic E-state index is -1.40. The van der Waals surface area contributed by atoms with Gasteiger partial charge in [-0.15, -0.1) is 0 Å². The number of rotatable bonds is 4. The normalized spacial score (nSPS) is 20.7. The summed E-state index contributed by atoms with van der Waals surface area (Å²) < 4.78 is 18.7. The highest BCUT2D eigenvalue weighted by molar-refractivity contribution is 7.81. The fourth-order valence-corrected chi connectivity index (χ4v) is 2.18. The first-order valence-corrected chi connectivity index (χ1v) is 6.91. The Morgan fingerprint density at radius 2 is 2.18 bits per heavy atom. The van der Waals surface area contributed by atoms with Crippen molar-refractivity contribution in [3.05, 3.63) is 29.6 Å². The van der Waals surface area contributed by atoms with Crippen molar-refractivity contribution >= 4 is 36.3 Å². The number of carboxylic acids is 1. The molecule has 2 rings (SSSR count). The fraction of sp³-hybridized carbons (Fsp3) is 0.308. The van der Waals surface area contributed by atoms with Gasteiger partial charge >= 0.3 is 12.1 Å². The first-order valence-electron chi connectivity index (χ1n) is 6.28. The third kappa shape index (κ3) is 2.98. The Morgan fingerprint density at radius 1 is 1.50 bits per heavy atom. The third-order valence-electron chi connectivity index (χ3n) is 3.18. The van der Waals surface area contributed by atoms with Crippen molar-refractivity contribution in [2.75, 3.05) is 10.7 Å². The lowest BCUT2D eigenvalue weighted by molar-refractivity contribution is -0.121. The highest BCUT2D eigenvalue weighted by atomic mass is 32.1. The maximum absolute atomic E-state index is 13.7. The molecule has 0 saturated carbocycles. The van der Waals surface area contributed by atoms with E-state index in [2.05, 4.69) is 17.9 Å². The summed E-state index contributed by atoms with van der Waals surface area (Å²) in [5.74, 6) is -2.85. The number of ether oxygens (including phenoxy) is 1.